The van der Waals surface area contributed by atoms with Gasteiger partial charge in [0.1, 0.15) is 21.8 Å². The van der Waals surface area contributed by atoms with Crippen LogP contribution in [-0.2, 0) is 6.18 Å². The number of alkyl halides is 3. The van der Waals surface area contributed by atoms with Gasteiger partial charge in [0.2, 0.25) is 0 Å². The van der Waals surface area contributed by atoms with Crippen LogP contribution in [0.25, 0.3) is 16.9 Å². The van der Waals surface area contributed by atoms with Crippen molar-refractivity contribution in [3.8, 4) is 16.7 Å². The highest BCUT2D eigenvalue weighted by Gasteiger charge is 2.31. The van der Waals surface area contributed by atoms with E-state index in [1.807, 2.05) is 11.5 Å². The lowest BCUT2D eigenvalue weighted by Crippen LogP contribution is -2.06. The zero-order valence-corrected chi connectivity index (χ0v) is 11.8. The molecular weight excluding hydrogens is 311 g/mol. The van der Waals surface area contributed by atoms with Crippen molar-refractivity contribution in [3.05, 3.63) is 54.2 Å². The number of imidazole rings is 1. The second kappa shape index (κ2) is 5.39. The van der Waals surface area contributed by atoms with E-state index in [2.05, 4.69) is 4.98 Å². The molecule has 0 N–H and O–H groups in total. The predicted octanol–water partition coefficient (Wildman–Crippen LogP) is 4.59. The Balaban J connectivity index is 2.26. The Labute approximate surface area is 128 Å². The highest BCUT2D eigenvalue weighted by molar-refractivity contribution is 8.03. The van der Waals surface area contributed by atoms with Gasteiger partial charge in [-0.15, -0.1) is 0 Å². The van der Waals surface area contributed by atoms with E-state index >= 15 is 0 Å². The quantitative estimate of drug-likeness (QED) is 0.512. The summed E-state index contributed by atoms with van der Waals surface area (Å²) in [6.07, 6.45) is -3.48. The van der Waals surface area contributed by atoms with Crippen molar-refractivity contribution in [1.29, 1.82) is 5.26 Å². The molecule has 2 aromatic heterocycles. The highest BCUT2D eigenvalue weighted by atomic mass is 32.2. The van der Waals surface area contributed by atoms with E-state index in [4.69, 9.17) is 5.26 Å². The van der Waals surface area contributed by atoms with Crippen molar-refractivity contribution < 1.29 is 13.2 Å². The summed E-state index contributed by atoms with van der Waals surface area (Å²) in [6.45, 7) is 0. The van der Waals surface area contributed by atoms with Gasteiger partial charge in [0.25, 0.3) is 0 Å². The van der Waals surface area contributed by atoms with Gasteiger partial charge >= 0.3 is 6.18 Å². The smallest absolute Gasteiger partial charge is 0.293 e. The molecule has 0 amide bonds. The second-order valence-electron chi connectivity index (χ2n) is 4.47. The number of rotatable bonds is 2. The molecule has 3 aromatic rings. The maximum atomic E-state index is 12.9. The first-order valence-corrected chi connectivity index (χ1v) is 7.03. The second-order valence-corrected chi connectivity index (χ2v) is 5.24. The van der Waals surface area contributed by atoms with Gasteiger partial charge in [-0.2, -0.15) is 18.4 Å². The summed E-state index contributed by atoms with van der Waals surface area (Å²) >= 11 is 0.791. The number of thioether (sulfide) groups is 1. The van der Waals surface area contributed by atoms with Crippen LogP contribution in [0.1, 0.15) is 5.56 Å². The Morgan fingerprint density at radius 2 is 1.82 bits per heavy atom. The summed E-state index contributed by atoms with van der Waals surface area (Å²) in [5.41, 5.74) is 0.824. The summed E-state index contributed by atoms with van der Waals surface area (Å²) in [6, 6.07) is 11.3. The minimum Gasteiger partial charge on any atom is -0.293 e. The minimum atomic E-state index is -4.44. The van der Waals surface area contributed by atoms with E-state index in [1.54, 1.807) is 24.3 Å². The first kappa shape index (κ1) is 14.5. The van der Waals surface area contributed by atoms with Gasteiger partial charge in [-0.3, -0.25) is 4.40 Å². The van der Waals surface area contributed by atoms with Gasteiger partial charge in [-0.1, -0.05) is 30.3 Å². The number of hydrogen-bond donors (Lipinski definition) is 0. The Morgan fingerprint density at radius 3 is 2.45 bits per heavy atom. The molecule has 22 heavy (non-hydrogen) atoms. The Kier molecular flexibility index (Phi) is 3.54. The fourth-order valence-corrected chi connectivity index (χ4v) is 2.71. The van der Waals surface area contributed by atoms with Crippen LogP contribution in [0.15, 0.2) is 53.7 Å². The van der Waals surface area contributed by atoms with Crippen molar-refractivity contribution in [2.45, 2.75) is 11.2 Å². The molecular formula is C15H8F3N3S. The molecule has 3 rings (SSSR count). The van der Waals surface area contributed by atoms with Crippen molar-refractivity contribution in [2.24, 2.45) is 0 Å². The lowest BCUT2D eigenvalue weighted by molar-refractivity contribution is -0.137. The third kappa shape index (κ3) is 2.53. The minimum absolute atomic E-state index is 0.365. The molecule has 0 aliphatic heterocycles. The fraction of sp³-hybridized carbons (Fsp3) is 0.0667. The van der Waals surface area contributed by atoms with Gasteiger partial charge in [-0.05, 0) is 12.1 Å². The number of nitrogens with zero attached hydrogens (tertiary/aromatic N) is 3. The Bertz CT molecular complexity index is 863. The summed E-state index contributed by atoms with van der Waals surface area (Å²) in [5.74, 6) is 0. The number of halogens is 3. The Morgan fingerprint density at radius 1 is 1.09 bits per heavy atom. The van der Waals surface area contributed by atoms with E-state index in [0.29, 0.717) is 16.4 Å². The lowest BCUT2D eigenvalue weighted by Gasteiger charge is -2.07. The molecule has 3 nitrogen and oxygen atoms in total. The van der Waals surface area contributed by atoms with E-state index in [0.717, 1.165) is 29.6 Å². The molecule has 0 saturated heterocycles. The van der Waals surface area contributed by atoms with Gasteiger partial charge in [0, 0.05) is 23.5 Å². The van der Waals surface area contributed by atoms with Crippen molar-refractivity contribution in [1.82, 2.24) is 9.38 Å². The third-order valence-electron chi connectivity index (χ3n) is 3.09. The van der Waals surface area contributed by atoms with Gasteiger partial charge in [0.05, 0.1) is 5.56 Å². The monoisotopic (exact) mass is 319 g/mol. The van der Waals surface area contributed by atoms with Crippen LogP contribution in [0.5, 0.6) is 0 Å². The molecule has 110 valence electrons. The number of pyridine rings is 1. The zero-order chi connectivity index (χ0) is 15.7. The third-order valence-corrected chi connectivity index (χ3v) is 3.77. The molecule has 0 saturated carbocycles. The maximum Gasteiger partial charge on any atom is 0.417 e. The molecule has 0 aliphatic rings. The largest absolute Gasteiger partial charge is 0.417 e. The zero-order valence-electron chi connectivity index (χ0n) is 11.0. The van der Waals surface area contributed by atoms with E-state index in [1.165, 1.54) is 10.5 Å². The molecule has 0 radical (unpaired) electrons. The number of nitriles is 1. The van der Waals surface area contributed by atoms with Crippen molar-refractivity contribution >= 4 is 17.4 Å². The molecule has 0 atom stereocenters. The van der Waals surface area contributed by atoms with Crippen LogP contribution >= 0.6 is 11.8 Å². The van der Waals surface area contributed by atoms with Gasteiger partial charge < -0.3 is 0 Å². The van der Waals surface area contributed by atoms with E-state index < -0.39 is 11.7 Å². The van der Waals surface area contributed by atoms with Gasteiger partial charge in [-0.25, -0.2) is 4.98 Å². The van der Waals surface area contributed by atoms with Crippen molar-refractivity contribution in [2.75, 3.05) is 0 Å². The molecule has 0 spiro atoms. The molecule has 0 fully saturated rings. The van der Waals surface area contributed by atoms with E-state index in [9.17, 15) is 13.2 Å². The van der Waals surface area contributed by atoms with Crippen molar-refractivity contribution in [3.63, 3.8) is 0 Å². The fourth-order valence-electron chi connectivity index (χ4n) is 2.12. The Hall–Kier alpha value is -2.46. The van der Waals surface area contributed by atoms with Crippen LogP contribution in [0.3, 0.4) is 0 Å². The normalized spacial score (nSPS) is 11.5. The number of fused-ring (bicyclic) bond motifs is 1. The summed E-state index contributed by atoms with van der Waals surface area (Å²) in [5, 5.41) is 11.2. The molecule has 1 aromatic carbocycles. The number of aromatic nitrogens is 2. The lowest BCUT2D eigenvalue weighted by atomic mass is 10.2. The van der Waals surface area contributed by atoms with Crippen LogP contribution in [0.2, 0.25) is 0 Å². The first-order valence-electron chi connectivity index (χ1n) is 6.21. The first-order chi connectivity index (χ1) is 10.5. The summed E-state index contributed by atoms with van der Waals surface area (Å²) in [4.78, 5) is 4.35. The summed E-state index contributed by atoms with van der Waals surface area (Å²) in [7, 11) is 0. The summed E-state index contributed by atoms with van der Waals surface area (Å²) < 4.78 is 39.9. The number of benzene rings is 1. The standard InChI is InChI=1S/C15H8F3N3S/c16-15(17,18)11-6-7-12-20-13(10-4-2-1-3-5-10)14(22-9-19)21(12)8-11/h1-8H. The molecule has 0 aliphatic carbocycles. The SMILES string of the molecule is N#CSc1c(-c2ccccc2)nc2ccc(C(F)(F)F)cn12. The average Bonchev–Trinajstić information content (AvgIpc) is 2.86. The molecule has 7 heteroatoms. The van der Waals surface area contributed by atoms with E-state index in [-0.39, 0.29) is 0 Å². The highest BCUT2D eigenvalue weighted by Crippen LogP contribution is 2.34. The molecule has 0 bridgehead atoms. The number of hydrogen-bond acceptors (Lipinski definition) is 3. The predicted molar refractivity (Wildman–Crippen MR) is 77.1 cm³/mol. The molecule has 0 unspecified atom stereocenters. The topological polar surface area (TPSA) is 41.1 Å². The average molecular weight is 319 g/mol. The van der Waals surface area contributed by atoms with Crippen LogP contribution < -0.4 is 0 Å². The molecule has 2 heterocycles. The number of thiocyanates is 1. The van der Waals surface area contributed by atoms with Gasteiger partial charge in [0.15, 0.2) is 0 Å². The van der Waals surface area contributed by atoms with Crippen LogP contribution in [0.4, 0.5) is 13.2 Å². The van der Waals surface area contributed by atoms with Crippen LogP contribution in [0, 0.1) is 10.7 Å². The maximum absolute atomic E-state index is 12.9. The van der Waals surface area contributed by atoms with Crippen LogP contribution in [-0.4, -0.2) is 9.38 Å².